The summed E-state index contributed by atoms with van der Waals surface area (Å²) in [6.07, 6.45) is 0. The van der Waals surface area contributed by atoms with Gasteiger partial charge in [-0.25, -0.2) is 0 Å². The molecule has 0 aliphatic carbocycles. The number of aryl methyl sites for hydroxylation is 1. The lowest BCUT2D eigenvalue weighted by molar-refractivity contribution is 0.289. The molecule has 0 unspecified atom stereocenters. The van der Waals surface area contributed by atoms with E-state index in [1.54, 1.807) is 11.3 Å². The van der Waals surface area contributed by atoms with E-state index in [1.807, 2.05) is 31.2 Å². The van der Waals surface area contributed by atoms with E-state index >= 15 is 0 Å². The normalized spacial score (nSPS) is 10.5. The van der Waals surface area contributed by atoms with Crippen molar-refractivity contribution in [2.45, 2.75) is 6.92 Å². The molecule has 2 N–H and O–H groups in total. The van der Waals surface area contributed by atoms with Gasteiger partial charge in [0.15, 0.2) is 0 Å². The minimum absolute atomic E-state index is 0.556. The van der Waals surface area contributed by atoms with Crippen LogP contribution in [0.3, 0.4) is 0 Å². The van der Waals surface area contributed by atoms with E-state index in [1.165, 1.54) is 0 Å². The lowest BCUT2D eigenvalue weighted by Crippen LogP contribution is -2.20. The van der Waals surface area contributed by atoms with Crippen LogP contribution in [-0.2, 0) is 0 Å². The van der Waals surface area contributed by atoms with E-state index in [0.29, 0.717) is 5.75 Å². The molecule has 0 saturated heterocycles. The van der Waals surface area contributed by atoms with Crippen LogP contribution in [0.15, 0.2) is 24.3 Å². The molecule has 3 nitrogen and oxygen atoms in total. The lowest BCUT2D eigenvalue weighted by Gasteiger charge is -2.03. The quantitative estimate of drug-likeness (QED) is 0.736. The molecule has 0 bridgehead atoms. The van der Waals surface area contributed by atoms with Gasteiger partial charge in [-0.3, -0.25) is 0 Å². The average molecular weight is 208 g/mol. The minimum atomic E-state index is -1.76. The van der Waals surface area contributed by atoms with Crippen LogP contribution in [0.25, 0.3) is 10.1 Å². The topological polar surface area (TPSA) is 49.7 Å². The van der Waals surface area contributed by atoms with Crippen LogP contribution >= 0.6 is 11.3 Å². The summed E-state index contributed by atoms with van der Waals surface area (Å²) in [4.78, 5) is 0.944. The van der Waals surface area contributed by atoms with Crippen LogP contribution in [-0.4, -0.2) is 17.4 Å². The van der Waals surface area contributed by atoms with Crippen molar-refractivity contribution in [3.8, 4) is 5.75 Å². The first-order chi connectivity index (χ1) is 6.68. The third-order valence-corrected chi connectivity index (χ3v) is 3.01. The second kappa shape index (κ2) is 3.61. The van der Waals surface area contributed by atoms with E-state index < -0.39 is 7.32 Å². The van der Waals surface area contributed by atoms with Crippen molar-refractivity contribution in [2.75, 3.05) is 0 Å². The first-order valence-electron chi connectivity index (χ1n) is 4.19. The maximum atomic E-state index is 8.75. The zero-order chi connectivity index (χ0) is 10.1. The van der Waals surface area contributed by atoms with Crippen molar-refractivity contribution < 1.29 is 14.7 Å². The molecule has 1 aromatic carbocycles. The van der Waals surface area contributed by atoms with Crippen molar-refractivity contribution >= 4 is 28.7 Å². The number of rotatable bonds is 2. The van der Waals surface area contributed by atoms with Crippen molar-refractivity contribution in [1.29, 1.82) is 0 Å². The number of hydrogen-bond acceptors (Lipinski definition) is 4. The monoisotopic (exact) mass is 208 g/mol. The summed E-state index contributed by atoms with van der Waals surface area (Å²) >= 11 is 1.57. The van der Waals surface area contributed by atoms with Gasteiger partial charge in [0.1, 0.15) is 5.75 Å². The molecule has 0 radical (unpaired) electrons. The Morgan fingerprint density at radius 2 is 2.00 bits per heavy atom. The molecule has 2 rings (SSSR count). The molecular formula is C9H9BO3S. The molecule has 1 aromatic heterocycles. The van der Waals surface area contributed by atoms with E-state index in [2.05, 4.69) is 0 Å². The summed E-state index contributed by atoms with van der Waals surface area (Å²) in [6, 6.07) is 7.71. The number of benzene rings is 1. The van der Waals surface area contributed by atoms with Gasteiger partial charge in [0.05, 0.1) is 0 Å². The van der Waals surface area contributed by atoms with Gasteiger partial charge in [0, 0.05) is 15.0 Å². The molecule has 0 atom stereocenters. The van der Waals surface area contributed by atoms with Crippen LogP contribution < -0.4 is 4.65 Å². The lowest BCUT2D eigenvalue weighted by atomic mass is 10.2. The highest BCUT2D eigenvalue weighted by Gasteiger charge is 2.17. The zero-order valence-electron chi connectivity index (χ0n) is 7.60. The molecule has 0 fully saturated rings. The molecule has 0 aliphatic rings. The molecule has 14 heavy (non-hydrogen) atoms. The van der Waals surface area contributed by atoms with Crippen LogP contribution in [0.5, 0.6) is 5.75 Å². The average Bonchev–Trinajstić information content (AvgIpc) is 2.43. The van der Waals surface area contributed by atoms with E-state index in [0.717, 1.165) is 15.0 Å². The van der Waals surface area contributed by atoms with Gasteiger partial charge in [-0.1, -0.05) is 12.1 Å². The SMILES string of the molecule is Cc1sc2ccccc2c1OB(O)O. The summed E-state index contributed by atoms with van der Waals surface area (Å²) in [7, 11) is -1.76. The van der Waals surface area contributed by atoms with Crippen LogP contribution in [0.2, 0.25) is 0 Å². The van der Waals surface area contributed by atoms with Gasteiger partial charge in [-0.05, 0) is 19.1 Å². The number of fused-ring (bicyclic) bond motifs is 1. The Hall–Kier alpha value is -1.04. The Labute approximate surface area is 85.7 Å². The van der Waals surface area contributed by atoms with Crippen molar-refractivity contribution in [1.82, 2.24) is 0 Å². The fraction of sp³-hybridized carbons (Fsp3) is 0.111. The van der Waals surface area contributed by atoms with Gasteiger partial charge in [-0.2, -0.15) is 0 Å². The van der Waals surface area contributed by atoms with E-state index in [4.69, 9.17) is 14.7 Å². The maximum Gasteiger partial charge on any atom is 0.707 e. The van der Waals surface area contributed by atoms with Crippen molar-refractivity contribution in [2.24, 2.45) is 0 Å². The molecule has 2 aromatic rings. The van der Waals surface area contributed by atoms with Gasteiger partial charge >= 0.3 is 7.32 Å². The van der Waals surface area contributed by atoms with E-state index in [9.17, 15) is 0 Å². The molecule has 1 heterocycles. The number of thiophene rings is 1. The second-order valence-corrected chi connectivity index (χ2v) is 4.18. The molecule has 0 amide bonds. The minimum Gasteiger partial charge on any atom is -0.511 e. The molecule has 5 heteroatoms. The van der Waals surface area contributed by atoms with Crippen LogP contribution in [0.4, 0.5) is 0 Å². The summed E-state index contributed by atoms with van der Waals surface area (Å²) in [6.45, 7) is 1.89. The predicted octanol–water partition coefficient (Wildman–Crippen LogP) is 1.56. The Morgan fingerprint density at radius 1 is 1.29 bits per heavy atom. The molecule has 72 valence electrons. The Morgan fingerprint density at radius 3 is 2.71 bits per heavy atom. The van der Waals surface area contributed by atoms with Gasteiger partial charge in [-0.15, -0.1) is 11.3 Å². The first-order valence-corrected chi connectivity index (χ1v) is 5.01. The van der Waals surface area contributed by atoms with Gasteiger partial charge in [0.25, 0.3) is 0 Å². The van der Waals surface area contributed by atoms with Gasteiger partial charge in [0.2, 0.25) is 0 Å². The Bertz CT molecular complexity index is 452. The smallest absolute Gasteiger partial charge is 0.511 e. The maximum absolute atomic E-state index is 8.75. The van der Waals surface area contributed by atoms with E-state index in [-0.39, 0.29) is 0 Å². The molecule has 0 saturated carbocycles. The summed E-state index contributed by atoms with van der Waals surface area (Å²) in [5, 5.41) is 18.4. The molecule has 0 spiro atoms. The highest BCUT2D eigenvalue weighted by molar-refractivity contribution is 7.19. The molecule has 0 aliphatic heterocycles. The Kier molecular flexibility index (Phi) is 2.45. The summed E-state index contributed by atoms with van der Waals surface area (Å²) < 4.78 is 6.00. The third kappa shape index (κ3) is 1.62. The first kappa shape index (κ1) is 9.52. The van der Waals surface area contributed by atoms with Crippen LogP contribution in [0, 0.1) is 6.92 Å². The summed E-state index contributed by atoms with van der Waals surface area (Å²) in [5.41, 5.74) is 0. The van der Waals surface area contributed by atoms with Crippen LogP contribution in [0.1, 0.15) is 4.88 Å². The fourth-order valence-corrected chi connectivity index (χ4v) is 2.39. The summed E-state index contributed by atoms with van der Waals surface area (Å²) in [5.74, 6) is 0.556. The highest BCUT2D eigenvalue weighted by Crippen LogP contribution is 2.36. The second-order valence-electron chi connectivity index (χ2n) is 2.93. The third-order valence-electron chi connectivity index (χ3n) is 1.94. The Balaban J connectivity index is 2.56. The largest absolute Gasteiger partial charge is 0.707 e. The van der Waals surface area contributed by atoms with Gasteiger partial charge < -0.3 is 14.7 Å². The highest BCUT2D eigenvalue weighted by atomic mass is 32.1. The predicted molar refractivity (Wildman–Crippen MR) is 57.4 cm³/mol. The van der Waals surface area contributed by atoms with Crippen molar-refractivity contribution in [3.05, 3.63) is 29.1 Å². The zero-order valence-corrected chi connectivity index (χ0v) is 8.41. The fourth-order valence-electron chi connectivity index (χ4n) is 1.40. The standard InChI is InChI=1S/C9H9BO3S/c1-6-9(13-10(11)12)7-4-2-3-5-8(7)14-6/h2-5,11-12H,1H3. The van der Waals surface area contributed by atoms with Crippen molar-refractivity contribution in [3.63, 3.8) is 0 Å². The number of hydrogen-bond donors (Lipinski definition) is 2. The molecular weight excluding hydrogens is 199 g/mol.